The summed E-state index contributed by atoms with van der Waals surface area (Å²) < 4.78 is 16.3. The molecule has 0 unspecified atom stereocenters. The van der Waals surface area contributed by atoms with Crippen molar-refractivity contribution in [2.75, 3.05) is 0 Å². The van der Waals surface area contributed by atoms with Crippen LogP contribution in [0.2, 0.25) is 0 Å². The van der Waals surface area contributed by atoms with Crippen molar-refractivity contribution in [1.82, 2.24) is 0 Å². The van der Waals surface area contributed by atoms with Crippen LogP contribution in [0, 0.1) is 34.5 Å². The minimum absolute atomic E-state index is 0.0537. The normalized spacial score (nSPS) is 54.3. The highest BCUT2D eigenvalue weighted by molar-refractivity contribution is 7.46. The zero-order chi connectivity index (χ0) is 19.0. The Morgan fingerprint density at radius 2 is 1.62 bits per heavy atom. The van der Waals surface area contributed by atoms with E-state index in [2.05, 4.69) is 13.8 Å². The first-order valence-corrected chi connectivity index (χ1v) is 12.0. The van der Waals surface area contributed by atoms with Crippen molar-refractivity contribution in [2.24, 2.45) is 34.5 Å². The van der Waals surface area contributed by atoms with Crippen molar-refractivity contribution >= 4 is 7.82 Å². The van der Waals surface area contributed by atoms with Crippen molar-refractivity contribution in [2.45, 2.75) is 90.3 Å². The summed E-state index contributed by atoms with van der Waals surface area (Å²) in [5.41, 5.74) is -0.221. The zero-order valence-electron chi connectivity index (χ0n) is 16.4. The monoisotopic (exact) mass is 386 g/mol. The van der Waals surface area contributed by atoms with Crippen LogP contribution in [0.25, 0.3) is 0 Å². The molecule has 8 atom stereocenters. The van der Waals surface area contributed by atoms with Crippen molar-refractivity contribution in [1.29, 1.82) is 0 Å². The first-order chi connectivity index (χ1) is 12.0. The maximum Gasteiger partial charge on any atom is 0.469 e. The van der Waals surface area contributed by atoms with E-state index in [1.807, 2.05) is 6.92 Å². The molecule has 5 nitrogen and oxygen atoms in total. The molecule has 6 heteroatoms. The summed E-state index contributed by atoms with van der Waals surface area (Å²) in [6.07, 6.45) is 8.94. The number of rotatable bonds is 2. The molecule has 4 aliphatic rings. The molecular formula is C20H35O5P. The van der Waals surface area contributed by atoms with E-state index in [1.54, 1.807) is 0 Å². The van der Waals surface area contributed by atoms with Crippen LogP contribution in [0.3, 0.4) is 0 Å². The van der Waals surface area contributed by atoms with Crippen LogP contribution in [0.15, 0.2) is 0 Å². The van der Waals surface area contributed by atoms with Crippen molar-refractivity contribution in [3.63, 3.8) is 0 Å². The van der Waals surface area contributed by atoms with Gasteiger partial charge in [0.05, 0.1) is 11.7 Å². The molecule has 0 heterocycles. The lowest BCUT2D eigenvalue weighted by Gasteiger charge is -2.61. The third kappa shape index (κ3) is 2.85. The number of phosphoric ester groups is 1. The highest BCUT2D eigenvalue weighted by Gasteiger charge is 2.63. The second-order valence-corrected chi connectivity index (χ2v) is 11.6. The van der Waals surface area contributed by atoms with E-state index in [0.717, 1.165) is 44.9 Å². The van der Waals surface area contributed by atoms with E-state index in [9.17, 15) is 9.67 Å². The molecule has 0 aromatic heterocycles. The number of fused-ring (bicyclic) bond motifs is 5. The average Bonchev–Trinajstić information content (AvgIpc) is 2.76. The minimum atomic E-state index is -4.40. The molecular weight excluding hydrogens is 351 g/mol. The third-order valence-corrected chi connectivity index (χ3v) is 10.0. The van der Waals surface area contributed by atoms with Gasteiger partial charge in [-0.3, -0.25) is 4.52 Å². The predicted octanol–water partition coefficient (Wildman–Crippen LogP) is 4.26. The molecule has 0 amide bonds. The van der Waals surface area contributed by atoms with Gasteiger partial charge >= 0.3 is 7.82 Å². The summed E-state index contributed by atoms with van der Waals surface area (Å²) in [5, 5.41) is 11.0. The third-order valence-electron chi connectivity index (χ3n) is 9.47. The molecule has 4 aliphatic carbocycles. The fraction of sp³-hybridized carbons (Fsp3) is 1.00. The zero-order valence-corrected chi connectivity index (χ0v) is 17.3. The Bertz CT molecular complexity index is 615. The first kappa shape index (κ1) is 19.4. The van der Waals surface area contributed by atoms with Gasteiger partial charge in [-0.05, 0) is 99.2 Å². The fourth-order valence-electron chi connectivity index (χ4n) is 7.75. The minimum Gasteiger partial charge on any atom is -0.390 e. The summed E-state index contributed by atoms with van der Waals surface area (Å²) >= 11 is 0. The smallest absolute Gasteiger partial charge is 0.390 e. The van der Waals surface area contributed by atoms with Gasteiger partial charge in [0.15, 0.2) is 0 Å². The molecule has 3 N–H and O–H groups in total. The van der Waals surface area contributed by atoms with Crippen LogP contribution in [-0.2, 0) is 9.09 Å². The van der Waals surface area contributed by atoms with Crippen LogP contribution in [0.4, 0.5) is 0 Å². The average molecular weight is 386 g/mol. The SMILES string of the molecule is C[C@]12CC[C@@H](OP(=O)(O)O)C[C@@H]1CC[C@@H]1[C@@H]2CC[C@@]2(C)[C@H]1CC[C@@]2(C)O. The Balaban J connectivity index is 1.53. The maximum atomic E-state index is 11.2. The van der Waals surface area contributed by atoms with Crippen molar-refractivity contribution < 1.29 is 24.0 Å². The van der Waals surface area contributed by atoms with E-state index in [-0.39, 0.29) is 16.9 Å². The summed E-state index contributed by atoms with van der Waals surface area (Å²) in [7, 11) is -4.40. The number of hydrogen-bond acceptors (Lipinski definition) is 3. The lowest BCUT2D eigenvalue weighted by Crippen LogP contribution is -2.56. The molecule has 0 aromatic carbocycles. The van der Waals surface area contributed by atoms with Crippen LogP contribution in [0.1, 0.15) is 78.6 Å². The standard InChI is InChI=1S/C20H35O5P/c1-18-9-6-14(25-26(22,23)24)12-13(18)4-5-15-16(18)7-10-19(2)17(15)8-11-20(19,3)21/h13-17,21H,4-12H2,1-3H3,(H2,22,23,24)/t13-,14+,15+,16-,17-,18-,19-,20+/m0/s1. The van der Waals surface area contributed by atoms with Gasteiger partial charge in [-0.2, -0.15) is 0 Å². The van der Waals surface area contributed by atoms with Crippen LogP contribution in [0.5, 0.6) is 0 Å². The van der Waals surface area contributed by atoms with Crippen LogP contribution in [-0.4, -0.2) is 26.6 Å². The van der Waals surface area contributed by atoms with Gasteiger partial charge in [-0.15, -0.1) is 0 Å². The summed E-state index contributed by atoms with van der Waals surface area (Å²) in [5.74, 6) is 2.51. The molecule has 0 spiro atoms. The van der Waals surface area contributed by atoms with Gasteiger partial charge in [0.1, 0.15) is 0 Å². The Labute approximate surface area is 157 Å². The highest BCUT2D eigenvalue weighted by Crippen LogP contribution is 2.68. The van der Waals surface area contributed by atoms with Crippen LogP contribution >= 0.6 is 7.82 Å². The van der Waals surface area contributed by atoms with E-state index >= 15 is 0 Å². The highest BCUT2D eigenvalue weighted by atomic mass is 31.2. The molecule has 4 fully saturated rings. The topological polar surface area (TPSA) is 87.0 Å². The van der Waals surface area contributed by atoms with E-state index < -0.39 is 13.4 Å². The first-order valence-electron chi connectivity index (χ1n) is 10.4. The number of aliphatic hydroxyl groups is 1. The van der Waals surface area contributed by atoms with Gasteiger partial charge < -0.3 is 14.9 Å². The van der Waals surface area contributed by atoms with Crippen LogP contribution < -0.4 is 0 Å². The lowest BCUT2D eigenvalue weighted by atomic mass is 9.44. The maximum absolute atomic E-state index is 11.2. The predicted molar refractivity (Wildman–Crippen MR) is 99.3 cm³/mol. The van der Waals surface area contributed by atoms with Gasteiger partial charge in [-0.1, -0.05) is 13.8 Å². The van der Waals surface area contributed by atoms with E-state index in [0.29, 0.717) is 23.7 Å². The Morgan fingerprint density at radius 1 is 0.923 bits per heavy atom. The lowest BCUT2D eigenvalue weighted by molar-refractivity contribution is -0.152. The molecule has 4 rings (SSSR count). The molecule has 4 saturated carbocycles. The van der Waals surface area contributed by atoms with Crippen molar-refractivity contribution in [3.8, 4) is 0 Å². The van der Waals surface area contributed by atoms with E-state index in [1.165, 1.54) is 12.8 Å². The molecule has 0 aliphatic heterocycles. The second kappa shape index (κ2) is 6.03. The summed E-state index contributed by atoms with van der Waals surface area (Å²) in [6, 6.07) is 0. The van der Waals surface area contributed by atoms with Gasteiger partial charge in [0.2, 0.25) is 0 Å². The molecule has 0 radical (unpaired) electrons. The number of phosphoric acid groups is 1. The molecule has 0 aromatic rings. The molecule has 0 saturated heterocycles. The Hall–Kier alpha value is 0.0700. The number of hydrogen-bond donors (Lipinski definition) is 3. The second-order valence-electron chi connectivity index (χ2n) is 10.4. The fourth-order valence-corrected chi connectivity index (χ4v) is 8.33. The summed E-state index contributed by atoms with van der Waals surface area (Å²) in [4.78, 5) is 18.3. The van der Waals surface area contributed by atoms with Gasteiger partial charge in [0.25, 0.3) is 0 Å². The summed E-state index contributed by atoms with van der Waals surface area (Å²) in [6.45, 7) is 6.79. The van der Waals surface area contributed by atoms with E-state index in [4.69, 9.17) is 14.3 Å². The quantitative estimate of drug-likeness (QED) is 0.618. The largest absolute Gasteiger partial charge is 0.469 e. The van der Waals surface area contributed by atoms with Crippen molar-refractivity contribution in [3.05, 3.63) is 0 Å². The molecule has 150 valence electrons. The van der Waals surface area contributed by atoms with Gasteiger partial charge in [0, 0.05) is 0 Å². The van der Waals surface area contributed by atoms with Gasteiger partial charge in [-0.25, -0.2) is 4.57 Å². The molecule has 26 heavy (non-hydrogen) atoms. The molecule has 0 bridgehead atoms. The Kier molecular flexibility index (Phi) is 4.50. The Morgan fingerprint density at radius 3 is 2.31 bits per heavy atom.